The number of ether oxygens (including phenoxy) is 2. The topological polar surface area (TPSA) is 64.8 Å². The molecule has 2 aliphatic rings. The molecular formula is C18H19FN2O4. The number of amides is 1. The Hall–Kier alpha value is -2.41. The molecule has 0 bridgehead atoms. The van der Waals surface area contributed by atoms with Gasteiger partial charge in [-0.3, -0.25) is 4.79 Å². The van der Waals surface area contributed by atoms with E-state index in [1.807, 2.05) is 6.92 Å². The summed E-state index contributed by atoms with van der Waals surface area (Å²) in [5.41, 5.74) is 0.395. The molecule has 0 saturated carbocycles. The van der Waals surface area contributed by atoms with Crippen molar-refractivity contribution in [3.05, 3.63) is 47.8 Å². The summed E-state index contributed by atoms with van der Waals surface area (Å²) < 4.78 is 30.6. The number of rotatable bonds is 3. The van der Waals surface area contributed by atoms with Gasteiger partial charge < -0.3 is 18.8 Å². The highest BCUT2D eigenvalue weighted by molar-refractivity contribution is 5.93. The summed E-state index contributed by atoms with van der Waals surface area (Å²) in [6.07, 6.45) is 4.11. The van der Waals surface area contributed by atoms with Gasteiger partial charge in [-0.25, -0.2) is 9.37 Å². The van der Waals surface area contributed by atoms with Crippen LogP contribution in [0.3, 0.4) is 0 Å². The maximum absolute atomic E-state index is 13.7. The van der Waals surface area contributed by atoms with E-state index in [1.54, 1.807) is 11.0 Å². The fourth-order valence-corrected chi connectivity index (χ4v) is 3.45. The van der Waals surface area contributed by atoms with Crippen LogP contribution >= 0.6 is 0 Å². The Labute approximate surface area is 144 Å². The van der Waals surface area contributed by atoms with Crippen LogP contribution in [0.4, 0.5) is 4.39 Å². The van der Waals surface area contributed by atoms with E-state index in [9.17, 15) is 9.18 Å². The molecule has 0 N–H and O–H groups in total. The maximum atomic E-state index is 13.7. The number of aromatic nitrogens is 1. The molecule has 0 aliphatic carbocycles. The Balaban J connectivity index is 1.39. The Morgan fingerprint density at radius 2 is 2.28 bits per heavy atom. The van der Waals surface area contributed by atoms with Crippen molar-refractivity contribution in [2.24, 2.45) is 0 Å². The molecule has 2 aromatic heterocycles. The molecule has 2 fully saturated rings. The smallest absolute Gasteiger partial charge is 0.290 e. The van der Waals surface area contributed by atoms with Crippen LogP contribution in [0, 0.1) is 12.7 Å². The minimum Gasteiger partial charge on any atom is -0.472 e. The van der Waals surface area contributed by atoms with E-state index >= 15 is 0 Å². The fourth-order valence-electron chi connectivity index (χ4n) is 3.45. The summed E-state index contributed by atoms with van der Waals surface area (Å²) in [5.74, 6) is -0.214. The second-order valence-electron chi connectivity index (χ2n) is 6.65. The molecule has 2 aliphatic heterocycles. The molecule has 2 aromatic rings. The first-order valence-electron chi connectivity index (χ1n) is 8.31. The number of furan rings is 1. The van der Waals surface area contributed by atoms with Crippen LogP contribution in [0.1, 0.15) is 29.0 Å². The van der Waals surface area contributed by atoms with E-state index in [4.69, 9.17) is 13.9 Å². The van der Waals surface area contributed by atoms with Crippen molar-refractivity contribution in [2.75, 3.05) is 19.7 Å². The van der Waals surface area contributed by atoms with Crippen molar-refractivity contribution in [2.45, 2.75) is 31.5 Å². The first kappa shape index (κ1) is 16.1. The first-order chi connectivity index (χ1) is 12.1. The van der Waals surface area contributed by atoms with Gasteiger partial charge in [-0.15, -0.1) is 0 Å². The molecular weight excluding hydrogens is 327 g/mol. The lowest BCUT2D eigenvalue weighted by atomic mass is 9.84. The molecule has 6 nitrogen and oxygen atoms in total. The number of likely N-dealkylation sites (tertiary alicyclic amines) is 1. The molecule has 1 amide bonds. The molecule has 0 radical (unpaired) electrons. The van der Waals surface area contributed by atoms with Gasteiger partial charge in [0.2, 0.25) is 0 Å². The van der Waals surface area contributed by atoms with Gasteiger partial charge in [0.15, 0.2) is 11.6 Å². The summed E-state index contributed by atoms with van der Waals surface area (Å²) >= 11 is 0. The Kier molecular flexibility index (Phi) is 3.95. The number of halogens is 1. The summed E-state index contributed by atoms with van der Waals surface area (Å²) in [6.45, 7) is 3.32. The maximum Gasteiger partial charge on any atom is 0.290 e. The zero-order valence-corrected chi connectivity index (χ0v) is 13.9. The van der Waals surface area contributed by atoms with Gasteiger partial charge in [-0.1, -0.05) is 0 Å². The molecule has 25 heavy (non-hydrogen) atoms. The lowest BCUT2D eigenvalue weighted by molar-refractivity contribution is -0.174. The minimum absolute atomic E-state index is 0.0167. The molecule has 1 spiro atoms. The number of aryl methyl sites for hydroxylation is 1. The van der Waals surface area contributed by atoms with E-state index in [2.05, 4.69) is 4.98 Å². The Bertz CT molecular complexity index is 785. The molecule has 4 heterocycles. The summed E-state index contributed by atoms with van der Waals surface area (Å²) in [5, 5.41) is 0. The zero-order chi connectivity index (χ0) is 17.4. The average molecular weight is 346 g/mol. The van der Waals surface area contributed by atoms with Crippen molar-refractivity contribution in [1.82, 2.24) is 9.88 Å². The highest BCUT2D eigenvalue weighted by Gasteiger charge is 2.50. The second kappa shape index (κ2) is 6.15. The van der Waals surface area contributed by atoms with E-state index in [-0.39, 0.29) is 17.9 Å². The van der Waals surface area contributed by atoms with Crippen LogP contribution in [0.5, 0.6) is 5.88 Å². The van der Waals surface area contributed by atoms with Gasteiger partial charge in [0.05, 0.1) is 26.0 Å². The quantitative estimate of drug-likeness (QED) is 0.855. The lowest BCUT2D eigenvalue weighted by Gasteiger charge is -2.52. The lowest BCUT2D eigenvalue weighted by Crippen LogP contribution is -2.67. The van der Waals surface area contributed by atoms with E-state index in [1.165, 1.54) is 24.6 Å². The second-order valence-corrected chi connectivity index (χ2v) is 6.65. The fraction of sp³-hybridized carbons (Fsp3) is 0.444. The van der Waals surface area contributed by atoms with Crippen molar-refractivity contribution in [1.29, 1.82) is 0 Å². The number of nitrogens with zero attached hydrogens (tertiary/aromatic N) is 2. The molecule has 132 valence electrons. The molecule has 1 unspecified atom stereocenters. The van der Waals surface area contributed by atoms with Gasteiger partial charge in [0, 0.05) is 24.6 Å². The monoisotopic (exact) mass is 346 g/mol. The van der Waals surface area contributed by atoms with Crippen LogP contribution in [-0.4, -0.2) is 47.2 Å². The van der Waals surface area contributed by atoms with Crippen LogP contribution in [0.15, 0.2) is 35.1 Å². The van der Waals surface area contributed by atoms with Crippen LogP contribution in [0.2, 0.25) is 0 Å². The van der Waals surface area contributed by atoms with Crippen molar-refractivity contribution < 1.29 is 23.1 Å². The predicted molar refractivity (Wildman–Crippen MR) is 85.9 cm³/mol. The number of hydrogen-bond donors (Lipinski definition) is 0. The Morgan fingerprint density at radius 1 is 1.44 bits per heavy atom. The standard InChI is InChI=1S/C18H19FN2O4/c1-12-4-7-23-15(12)17(22)21-10-18(11-21)9-13(5-8-24-18)25-16-14(19)3-2-6-20-16/h2-4,6-7,13H,5,8-11H2,1H3. The van der Waals surface area contributed by atoms with E-state index < -0.39 is 11.4 Å². The third-order valence-electron chi connectivity index (χ3n) is 4.75. The van der Waals surface area contributed by atoms with E-state index in [0.29, 0.717) is 38.3 Å². The van der Waals surface area contributed by atoms with Gasteiger partial charge in [-0.2, -0.15) is 0 Å². The number of pyridine rings is 1. The number of carbonyl (C=O) groups is 1. The zero-order valence-electron chi connectivity index (χ0n) is 13.9. The van der Waals surface area contributed by atoms with Crippen LogP contribution < -0.4 is 4.74 Å². The van der Waals surface area contributed by atoms with Crippen molar-refractivity contribution >= 4 is 5.91 Å². The first-order valence-corrected chi connectivity index (χ1v) is 8.31. The average Bonchev–Trinajstić information content (AvgIpc) is 3.00. The van der Waals surface area contributed by atoms with E-state index in [0.717, 1.165) is 5.56 Å². The minimum atomic E-state index is -0.471. The molecule has 1 atom stereocenters. The summed E-state index contributed by atoms with van der Waals surface area (Å²) in [7, 11) is 0. The van der Waals surface area contributed by atoms with Crippen LogP contribution in [0.25, 0.3) is 0 Å². The van der Waals surface area contributed by atoms with Gasteiger partial charge >= 0.3 is 0 Å². The predicted octanol–water partition coefficient (Wildman–Crippen LogP) is 2.57. The molecule has 7 heteroatoms. The molecule has 0 aromatic carbocycles. The van der Waals surface area contributed by atoms with Crippen LogP contribution in [-0.2, 0) is 4.74 Å². The van der Waals surface area contributed by atoms with Crippen molar-refractivity contribution in [3.63, 3.8) is 0 Å². The largest absolute Gasteiger partial charge is 0.472 e. The summed E-state index contributed by atoms with van der Waals surface area (Å²) in [4.78, 5) is 18.1. The van der Waals surface area contributed by atoms with Crippen molar-refractivity contribution in [3.8, 4) is 5.88 Å². The molecule has 4 rings (SSSR count). The normalized spacial score (nSPS) is 21.8. The number of hydrogen-bond acceptors (Lipinski definition) is 5. The third kappa shape index (κ3) is 3.00. The van der Waals surface area contributed by atoms with Gasteiger partial charge in [0.25, 0.3) is 11.8 Å². The Morgan fingerprint density at radius 3 is 3.00 bits per heavy atom. The SMILES string of the molecule is Cc1ccoc1C(=O)N1CC2(CC(Oc3ncccc3F)CCO2)C1. The highest BCUT2D eigenvalue weighted by atomic mass is 19.1. The van der Waals surface area contributed by atoms with Gasteiger partial charge in [0.1, 0.15) is 11.7 Å². The number of carbonyl (C=O) groups excluding carboxylic acids is 1. The summed E-state index contributed by atoms with van der Waals surface area (Å²) in [6, 6.07) is 4.62. The van der Waals surface area contributed by atoms with Gasteiger partial charge in [-0.05, 0) is 25.1 Å². The third-order valence-corrected chi connectivity index (χ3v) is 4.75. The molecule has 2 saturated heterocycles. The highest BCUT2D eigenvalue weighted by Crippen LogP contribution is 2.36.